The molecule has 0 aliphatic heterocycles. The van der Waals surface area contributed by atoms with Gasteiger partial charge in [-0.1, -0.05) is 11.6 Å². The zero-order valence-corrected chi connectivity index (χ0v) is 14.4. The van der Waals surface area contributed by atoms with Crippen LogP contribution in [0.25, 0.3) is 10.9 Å². The summed E-state index contributed by atoms with van der Waals surface area (Å²) in [6.45, 7) is 1.08. The number of benzene rings is 1. The average molecular weight is 360 g/mol. The van der Waals surface area contributed by atoms with Crippen LogP contribution in [0.3, 0.4) is 0 Å². The summed E-state index contributed by atoms with van der Waals surface area (Å²) in [5.74, 6) is 1.06. The first-order valence-electron chi connectivity index (χ1n) is 8.10. The van der Waals surface area contributed by atoms with Gasteiger partial charge in [0.2, 0.25) is 11.2 Å². The van der Waals surface area contributed by atoms with Crippen molar-refractivity contribution in [1.29, 1.82) is 0 Å². The summed E-state index contributed by atoms with van der Waals surface area (Å²) in [7, 11) is 0. The standard InChI is InChI=1S/C19H18ClNO4/c20-14-4-5-15-16(12-14)21-8-6-18(15)24-9-2-1-3-10-25-19-13-23-11-7-17(19)22/h4-8,11-13H,1-3,9-10H2. The Morgan fingerprint density at radius 2 is 1.80 bits per heavy atom. The summed E-state index contributed by atoms with van der Waals surface area (Å²) in [4.78, 5) is 15.7. The molecule has 0 radical (unpaired) electrons. The van der Waals surface area contributed by atoms with Gasteiger partial charge in [-0.3, -0.25) is 9.78 Å². The molecule has 3 rings (SSSR count). The topological polar surface area (TPSA) is 61.6 Å². The number of hydrogen-bond donors (Lipinski definition) is 0. The molecule has 0 spiro atoms. The van der Waals surface area contributed by atoms with Gasteiger partial charge in [-0.15, -0.1) is 0 Å². The van der Waals surface area contributed by atoms with Gasteiger partial charge in [0.05, 0.1) is 25.0 Å². The number of pyridine rings is 1. The van der Waals surface area contributed by atoms with Crippen LogP contribution in [-0.4, -0.2) is 18.2 Å². The predicted molar refractivity (Wildman–Crippen MR) is 96.6 cm³/mol. The van der Waals surface area contributed by atoms with Crippen LogP contribution >= 0.6 is 11.6 Å². The number of rotatable bonds is 8. The van der Waals surface area contributed by atoms with Gasteiger partial charge >= 0.3 is 0 Å². The van der Waals surface area contributed by atoms with E-state index in [-0.39, 0.29) is 11.2 Å². The molecule has 0 aliphatic rings. The molecule has 3 aromatic rings. The van der Waals surface area contributed by atoms with Crippen LogP contribution in [0.1, 0.15) is 19.3 Å². The van der Waals surface area contributed by atoms with E-state index in [1.165, 1.54) is 18.6 Å². The van der Waals surface area contributed by atoms with Gasteiger partial charge in [0, 0.05) is 22.7 Å². The number of fused-ring (bicyclic) bond motifs is 1. The number of aromatic nitrogens is 1. The second kappa shape index (κ2) is 8.53. The fourth-order valence-corrected chi connectivity index (χ4v) is 2.58. The van der Waals surface area contributed by atoms with Crippen molar-refractivity contribution in [1.82, 2.24) is 4.98 Å². The second-order valence-corrected chi connectivity index (χ2v) is 5.95. The number of ether oxygens (including phenoxy) is 2. The minimum atomic E-state index is -0.167. The minimum Gasteiger partial charge on any atom is -0.493 e. The fourth-order valence-electron chi connectivity index (χ4n) is 2.41. The van der Waals surface area contributed by atoms with Crippen molar-refractivity contribution in [2.24, 2.45) is 0 Å². The third-order valence-electron chi connectivity index (χ3n) is 3.68. The minimum absolute atomic E-state index is 0.167. The predicted octanol–water partition coefficient (Wildman–Crippen LogP) is 4.47. The van der Waals surface area contributed by atoms with E-state index < -0.39 is 0 Å². The van der Waals surface area contributed by atoms with Crippen molar-refractivity contribution in [3.63, 3.8) is 0 Å². The lowest BCUT2D eigenvalue weighted by atomic mass is 10.2. The molecular formula is C19H18ClNO4. The summed E-state index contributed by atoms with van der Waals surface area (Å²) in [5.41, 5.74) is 0.652. The molecule has 6 heteroatoms. The Hall–Kier alpha value is -2.53. The Balaban J connectivity index is 1.40. The molecule has 2 heterocycles. The highest BCUT2D eigenvalue weighted by atomic mass is 35.5. The summed E-state index contributed by atoms with van der Waals surface area (Å²) < 4.78 is 16.2. The van der Waals surface area contributed by atoms with Gasteiger partial charge in [0.25, 0.3) is 0 Å². The lowest BCUT2D eigenvalue weighted by molar-refractivity contribution is 0.274. The largest absolute Gasteiger partial charge is 0.493 e. The molecule has 25 heavy (non-hydrogen) atoms. The second-order valence-electron chi connectivity index (χ2n) is 5.51. The van der Waals surface area contributed by atoms with E-state index >= 15 is 0 Å². The zero-order chi connectivity index (χ0) is 17.5. The highest BCUT2D eigenvalue weighted by molar-refractivity contribution is 6.31. The van der Waals surface area contributed by atoms with Crippen molar-refractivity contribution in [2.75, 3.05) is 13.2 Å². The number of hydrogen-bond acceptors (Lipinski definition) is 5. The van der Waals surface area contributed by atoms with Crippen molar-refractivity contribution in [2.45, 2.75) is 19.3 Å². The molecule has 130 valence electrons. The fraction of sp³-hybridized carbons (Fsp3) is 0.263. The Kier molecular flexibility index (Phi) is 5.90. The van der Waals surface area contributed by atoms with E-state index in [9.17, 15) is 4.79 Å². The van der Waals surface area contributed by atoms with Crippen LogP contribution in [0.2, 0.25) is 5.02 Å². The summed E-state index contributed by atoms with van der Waals surface area (Å²) in [6, 6.07) is 8.76. The molecule has 1 aromatic carbocycles. The van der Waals surface area contributed by atoms with Gasteiger partial charge in [0.15, 0.2) is 0 Å². The maximum atomic E-state index is 11.5. The first-order valence-corrected chi connectivity index (χ1v) is 8.48. The first-order chi connectivity index (χ1) is 12.2. The highest BCUT2D eigenvalue weighted by Crippen LogP contribution is 2.26. The van der Waals surface area contributed by atoms with Gasteiger partial charge < -0.3 is 13.9 Å². The number of halogens is 1. The van der Waals surface area contributed by atoms with Gasteiger partial charge in [-0.2, -0.15) is 0 Å². The monoisotopic (exact) mass is 359 g/mol. The summed E-state index contributed by atoms with van der Waals surface area (Å²) in [5, 5.41) is 1.61. The maximum Gasteiger partial charge on any atom is 0.226 e. The Labute approximate surface area is 150 Å². The Bertz CT molecular complexity index is 894. The molecule has 0 aliphatic carbocycles. The summed E-state index contributed by atoms with van der Waals surface area (Å²) in [6.07, 6.45) is 7.05. The molecule has 0 bridgehead atoms. The maximum absolute atomic E-state index is 11.5. The van der Waals surface area contributed by atoms with Crippen LogP contribution in [0.15, 0.2) is 58.3 Å². The van der Waals surface area contributed by atoms with Gasteiger partial charge in [-0.05, 0) is 43.5 Å². The van der Waals surface area contributed by atoms with Crippen LogP contribution in [0, 0.1) is 0 Å². The SMILES string of the molecule is O=c1ccocc1OCCCCCOc1ccnc2cc(Cl)ccc12. The third kappa shape index (κ3) is 4.73. The third-order valence-corrected chi connectivity index (χ3v) is 3.92. The molecule has 0 N–H and O–H groups in total. The average Bonchev–Trinajstić information content (AvgIpc) is 2.62. The number of nitrogens with zero attached hydrogens (tertiary/aromatic N) is 1. The summed E-state index contributed by atoms with van der Waals surface area (Å²) >= 11 is 5.98. The van der Waals surface area contributed by atoms with Crippen LogP contribution in [-0.2, 0) is 0 Å². The van der Waals surface area contributed by atoms with E-state index in [0.717, 1.165) is 35.9 Å². The Morgan fingerprint density at radius 1 is 1.00 bits per heavy atom. The van der Waals surface area contributed by atoms with Crippen molar-refractivity contribution < 1.29 is 13.9 Å². The molecule has 2 aromatic heterocycles. The smallest absolute Gasteiger partial charge is 0.226 e. The van der Waals surface area contributed by atoms with Crippen LogP contribution in [0.4, 0.5) is 0 Å². The van der Waals surface area contributed by atoms with E-state index in [1.54, 1.807) is 6.20 Å². The van der Waals surface area contributed by atoms with E-state index in [0.29, 0.717) is 18.2 Å². The molecule has 0 saturated carbocycles. The molecule has 0 amide bonds. The molecule has 0 atom stereocenters. The van der Waals surface area contributed by atoms with Crippen molar-refractivity contribution in [3.8, 4) is 11.5 Å². The van der Waals surface area contributed by atoms with Crippen LogP contribution < -0.4 is 14.9 Å². The van der Waals surface area contributed by atoms with E-state index in [2.05, 4.69) is 4.98 Å². The molecule has 0 unspecified atom stereocenters. The first kappa shape index (κ1) is 17.3. The normalized spacial score (nSPS) is 10.8. The Morgan fingerprint density at radius 3 is 2.60 bits per heavy atom. The lowest BCUT2D eigenvalue weighted by Gasteiger charge is -2.09. The van der Waals surface area contributed by atoms with Crippen LogP contribution in [0.5, 0.6) is 11.5 Å². The van der Waals surface area contributed by atoms with Gasteiger partial charge in [-0.25, -0.2) is 0 Å². The zero-order valence-electron chi connectivity index (χ0n) is 13.6. The quantitative estimate of drug-likeness (QED) is 0.555. The van der Waals surface area contributed by atoms with Crippen molar-refractivity contribution in [3.05, 3.63) is 64.3 Å². The van der Waals surface area contributed by atoms with E-state index in [4.69, 9.17) is 25.5 Å². The molecule has 5 nitrogen and oxygen atoms in total. The molecule has 0 saturated heterocycles. The highest BCUT2D eigenvalue weighted by Gasteiger charge is 2.04. The van der Waals surface area contributed by atoms with Gasteiger partial charge in [0.1, 0.15) is 12.0 Å². The molecule has 0 fully saturated rings. The number of unbranched alkanes of at least 4 members (excludes halogenated alkanes) is 2. The van der Waals surface area contributed by atoms with Crippen molar-refractivity contribution >= 4 is 22.5 Å². The van der Waals surface area contributed by atoms with E-state index in [1.807, 2.05) is 24.3 Å². The molecular weight excluding hydrogens is 342 g/mol. The lowest BCUT2D eigenvalue weighted by Crippen LogP contribution is -2.07.